The monoisotopic (exact) mass is 227 g/mol. The zero-order valence-electron chi connectivity index (χ0n) is 10.9. The lowest BCUT2D eigenvalue weighted by atomic mass is 9.94. The number of hydrogen-bond acceptors (Lipinski definition) is 1. The molecule has 1 aromatic rings. The van der Waals surface area contributed by atoms with Gasteiger partial charge in [-0.3, -0.25) is 0 Å². The second kappa shape index (κ2) is 7.68. The Morgan fingerprint density at radius 2 is 1.71 bits per heavy atom. The van der Waals surface area contributed by atoms with Crippen molar-refractivity contribution >= 4 is 0 Å². The van der Waals surface area contributed by atoms with Crippen LogP contribution in [0.15, 0.2) is 41.5 Å². The zero-order chi connectivity index (χ0) is 12.5. The lowest BCUT2D eigenvalue weighted by molar-refractivity contribution is 0.827. The minimum absolute atomic E-state index is 0.915. The van der Waals surface area contributed by atoms with Crippen LogP contribution in [0.5, 0.6) is 0 Å². The summed E-state index contributed by atoms with van der Waals surface area (Å²) in [7, 11) is 0. The quantitative estimate of drug-likeness (QED) is 0.649. The molecule has 90 valence electrons. The van der Waals surface area contributed by atoms with Gasteiger partial charge in [0, 0.05) is 5.57 Å². The van der Waals surface area contributed by atoms with Crippen molar-refractivity contribution in [3.05, 3.63) is 47.0 Å². The van der Waals surface area contributed by atoms with Crippen LogP contribution >= 0.6 is 0 Å². The van der Waals surface area contributed by atoms with Crippen molar-refractivity contribution in [2.75, 3.05) is 0 Å². The van der Waals surface area contributed by atoms with E-state index >= 15 is 0 Å². The summed E-state index contributed by atoms with van der Waals surface area (Å²) in [5.74, 6) is 0. The standard InChI is InChI=1S/C16H21N/c1-3-8-15(16(13-17)9-4-2)12-14-10-6-5-7-11-14/h5-7,10-11H,3-4,8-9,12H2,1-2H3/b16-15-. The number of hydrogen-bond donors (Lipinski definition) is 0. The third-order valence-electron chi connectivity index (χ3n) is 2.87. The van der Waals surface area contributed by atoms with Crippen LogP contribution in [0.4, 0.5) is 0 Å². The second-order valence-corrected chi connectivity index (χ2v) is 4.36. The molecular weight excluding hydrogens is 206 g/mol. The molecule has 0 N–H and O–H groups in total. The van der Waals surface area contributed by atoms with E-state index in [-0.39, 0.29) is 0 Å². The number of rotatable bonds is 6. The highest BCUT2D eigenvalue weighted by atomic mass is 14.3. The number of nitrogens with zero attached hydrogens (tertiary/aromatic N) is 1. The maximum atomic E-state index is 9.22. The minimum atomic E-state index is 0.915. The maximum absolute atomic E-state index is 9.22. The van der Waals surface area contributed by atoms with Gasteiger partial charge in [-0.1, -0.05) is 62.6 Å². The Kier molecular flexibility index (Phi) is 6.10. The normalized spacial score (nSPS) is 11.8. The summed E-state index contributed by atoms with van der Waals surface area (Å²) in [5, 5.41) is 9.22. The van der Waals surface area contributed by atoms with E-state index in [9.17, 15) is 5.26 Å². The van der Waals surface area contributed by atoms with Crippen molar-refractivity contribution in [1.29, 1.82) is 5.26 Å². The molecule has 1 heteroatoms. The van der Waals surface area contributed by atoms with Crippen molar-refractivity contribution in [1.82, 2.24) is 0 Å². The lowest BCUT2D eigenvalue weighted by Crippen LogP contribution is -1.96. The Morgan fingerprint density at radius 1 is 1.06 bits per heavy atom. The molecule has 0 spiro atoms. The van der Waals surface area contributed by atoms with Crippen LogP contribution in [0.25, 0.3) is 0 Å². The molecule has 0 heterocycles. The first-order chi connectivity index (χ1) is 8.31. The predicted molar refractivity (Wildman–Crippen MR) is 72.6 cm³/mol. The smallest absolute Gasteiger partial charge is 0.0946 e. The summed E-state index contributed by atoms with van der Waals surface area (Å²) in [6.07, 6.45) is 5.04. The van der Waals surface area contributed by atoms with Crippen molar-refractivity contribution < 1.29 is 0 Å². The van der Waals surface area contributed by atoms with Gasteiger partial charge in [-0.25, -0.2) is 0 Å². The molecule has 0 aliphatic carbocycles. The first-order valence-electron chi connectivity index (χ1n) is 6.46. The lowest BCUT2D eigenvalue weighted by Gasteiger charge is -2.09. The Hall–Kier alpha value is -1.55. The van der Waals surface area contributed by atoms with Crippen LogP contribution in [0.3, 0.4) is 0 Å². The first kappa shape index (κ1) is 13.5. The van der Waals surface area contributed by atoms with E-state index < -0.39 is 0 Å². The van der Waals surface area contributed by atoms with E-state index in [0.29, 0.717) is 0 Å². The van der Waals surface area contributed by atoms with Crippen LogP contribution in [-0.2, 0) is 6.42 Å². The average molecular weight is 227 g/mol. The van der Waals surface area contributed by atoms with Gasteiger partial charge in [0.15, 0.2) is 0 Å². The Morgan fingerprint density at radius 3 is 2.24 bits per heavy atom. The molecule has 0 amide bonds. The van der Waals surface area contributed by atoms with Gasteiger partial charge in [0.05, 0.1) is 6.07 Å². The summed E-state index contributed by atoms with van der Waals surface area (Å²) in [5.41, 5.74) is 3.63. The van der Waals surface area contributed by atoms with Gasteiger partial charge >= 0.3 is 0 Å². The van der Waals surface area contributed by atoms with Crippen molar-refractivity contribution in [3.63, 3.8) is 0 Å². The molecule has 0 atom stereocenters. The van der Waals surface area contributed by atoms with Crippen LogP contribution < -0.4 is 0 Å². The number of allylic oxidation sites excluding steroid dienone is 2. The predicted octanol–water partition coefficient (Wildman–Crippen LogP) is 4.65. The Balaban J connectivity index is 2.89. The summed E-state index contributed by atoms with van der Waals surface area (Å²) in [4.78, 5) is 0. The van der Waals surface area contributed by atoms with E-state index in [4.69, 9.17) is 0 Å². The van der Waals surface area contributed by atoms with Crippen molar-refractivity contribution in [2.45, 2.75) is 46.0 Å². The summed E-state index contributed by atoms with van der Waals surface area (Å²) >= 11 is 0. The largest absolute Gasteiger partial charge is 0.193 e. The molecular formula is C16H21N. The third-order valence-corrected chi connectivity index (χ3v) is 2.87. The molecule has 0 radical (unpaired) electrons. The highest BCUT2D eigenvalue weighted by molar-refractivity contribution is 5.32. The maximum Gasteiger partial charge on any atom is 0.0946 e. The molecule has 0 bridgehead atoms. The van der Waals surface area contributed by atoms with E-state index in [1.807, 2.05) is 6.07 Å². The molecule has 0 aromatic heterocycles. The van der Waals surface area contributed by atoms with Gasteiger partial charge in [0.25, 0.3) is 0 Å². The van der Waals surface area contributed by atoms with Gasteiger partial charge in [-0.05, 0) is 24.8 Å². The fourth-order valence-corrected chi connectivity index (χ4v) is 2.05. The molecule has 0 aliphatic rings. The summed E-state index contributed by atoms with van der Waals surface area (Å²) < 4.78 is 0. The van der Waals surface area contributed by atoms with E-state index in [1.54, 1.807) is 0 Å². The fourth-order valence-electron chi connectivity index (χ4n) is 2.05. The molecule has 1 nitrogen and oxygen atoms in total. The van der Waals surface area contributed by atoms with Crippen molar-refractivity contribution in [3.8, 4) is 6.07 Å². The second-order valence-electron chi connectivity index (χ2n) is 4.36. The number of nitriles is 1. The van der Waals surface area contributed by atoms with Crippen LogP contribution in [0.1, 0.15) is 45.1 Å². The SMILES string of the molecule is CCC/C(C#N)=C(\CCC)Cc1ccccc1. The molecule has 1 aromatic carbocycles. The molecule has 0 saturated carbocycles. The summed E-state index contributed by atoms with van der Waals surface area (Å²) in [6.45, 7) is 4.30. The summed E-state index contributed by atoms with van der Waals surface area (Å²) in [6, 6.07) is 12.8. The van der Waals surface area contributed by atoms with Gasteiger partial charge < -0.3 is 0 Å². The highest BCUT2D eigenvalue weighted by Crippen LogP contribution is 2.20. The van der Waals surface area contributed by atoms with Crippen LogP contribution in [0, 0.1) is 11.3 Å². The van der Waals surface area contributed by atoms with Gasteiger partial charge in [-0.2, -0.15) is 5.26 Å². The van der Waals surface area contributed by atoms with Crippen LogP contribution in [-0.4, -0.2) is 0 Å². The topological polar surface area (TPSA) is 23.8 Å². The van der Waals surface area contributed by atoms with Crippen LogP contribution in [0.2, 0.25) is 0 Å². The highest BCUT2D eigenvalue weighted by Gasteiger charge is 2.06. The van der Waals surface area contributed by atoms with Gasteiger partial charge in [0.1, 0.15) is 0 Å². The number of benzene rings is 1. The third kappa shape index (κ3) is 4.44. The molecule has 17 heavy (non-hydrogen) atoms. The Labute approximate surface area is 105 Å². The van der Waals surface area contributed by atoms with E-state index in [1.165, 1.54) is 11.1 Å². The van der Waals surface area contributed by atoms with E-state index in [0.717, 1.165) is 37.7 Å². The zero-order valence-corrected chi connectivity index (χ0v) is 10.9. The minimum Gasteiger partial charge on any atom is -0.193 e. The molecule has 0 unspecified atom stereocenters. The average Bonchev–Trinajstić information content (AvgIpc) is 2.37. The molecule has 1 rings (SSSR count). The Bertz CT molecular complexity index is 395. The van der Waals surface area contributed by atoms with Crippen molar-refractivity contribution in [2.24, 2.45) is 0 Å². The molecule has 0 aliphatic heterocycles. The molecule has 0 saturated heterocycles. The van der Waals surface area contributed by atoms with E-state index in [2.05, 4.69) is 44.2 Å². The van der Waals surface area contributed by atoms with Gasteiger partial charge in [0.2, 0.25) is 0 Å². The molecule has 0 fully saturated rings. The first-order valence-corrected chi connectivity index (χ1v) is 6.46. The van der Waals surface area contributed by atoms with Gasteiger partial charge in [-0.15, -0.1) is 0 Å². The fraction of sp³-hybridized carbons (Fsp3) is 0.438.